The zero-order valence-corrected chi connectivity index (χ0v) is 16.1. The van der Waals surface area contributed by atoms with E-state index in [0.29, 0.717) is 29.6 Å². The van der Waals surface area contributed by atoms with Gasteiger partial charge in [0.25, 0.3) is 0 Å². The zero-order chi connectivity index (χ0) is 19.2. The number of nitrogens with zero attached hydrogens (tertiary/aromatic N) is 2. The van der Waals surface area contributed by atoms with Crippen LogP contribution in [-0.4, -0.2) is 16.0 Å². The maximum atomic E-state index is 12.4. The average Bonchev–Trinajstić information content (AvgIpc) is 3.15. The molecule has 1 amide bonds. The molecule has 0 aliphatic carbocycles. The molecule has 0 spiro atoms. The fourth-order valence-electron chi connectivity index (χ4n) is 2.74. The van der Waals surface area contributed by atoms with Crippen molar-refractivity contribution >= 4 is 17.5 Å². The largest absolute Gasteiger partial charge is 0.344 e. The van der Waals surface area contributed by atoms with E-state index in [1.54, 1.807) is 12.1 Å². The van der Waals surface area contributed by atoms with E-state index in [2.05, 4.69) is 15.5 Å². The van der Waals surface area contributed by atoms with Gasteiger partial charge < -0.3 is 9.84 Å². The van der Waals surface area contributed by atoms with Crippen molar-refractivity contribution in [3.8, 4) is 11.4 Å². The third-order valence-electron chi connectivity index (χ3n) is 4.28. The lowest BCUT2D eigenvalue weighted by molar-refractivity contribution is -0.122. The number of benzene rings is 2. The van der Waals surface area contributed by atoms with Crippen LogP contribution in [-0.2, 0) is 11.2 Å². The molecule has 5 nitrogen and oxygen atoms in total. The highest BCUT2D eigenvalue weighted by molar-refractivity contribution is 6.30. The summed E-state index contributed by atoms with van der Waals surface area (Å²) in [6, 6.07) is 16.8. The van der Waals surface area contributed by atoms with Crippen LogP contribution < -0.4 is 5.32 Å². The molecule has 0 bridgehead atoms. The molecular formula is C21H22ClN3O2. The minimum absolute atomic E-state index is 0.0382. The Balaban J connectivity index is 1.66. The van der Waals surface area contributed by atoms with Crippen LogP contribution in [0.4, 0.5) is 0 Å². The van der Waals surface area contributed by atoms with Crippen LogP contribution in [0.25, 0.3) is 11.4 Å². The number of nitrogens with one attached hydrogen (secondary N) is 1. The second-order valence-electron chi connectivity index (χ2n) is 6.74. The summed E-state index contributed by atoms with van der Waals surface area (Å²) in [4.78, 5) is 16.9. The molecule has 3 aromatic rings. The number of aryl methyl sites for hydroxylation is 1. The van der Waals surface area contributed by atoms with Gasteiger partial charge in [0.05, 0.1) is 0 Å². The lowest BCUT2D eigenvalue weighted by Crippen LogP contribution is -2.32. The van der Waals surface area contributed by atoms with E-state index in [-0.39, 0.29) is 17.9 Å². The minimum atomic E-state index is -0.332. The normalized spacial score (nSPS) is 12.1. The van der Waals surface area contributed by atoms with E-state index in [1.807, 2.05) is 56.3 Å². The van der Waals surface area contributed by atoms with E-state index in [0.717, 1.165) is 11.1 Å². The summed E-state index contributed by atoms with van der Waals surface area (Å²) in [5.41, 5.74) is 1.95. The fourth-order valence-corrected chi connectivity index (χ4v) is 2.87. The van der Waals surface area contributed by atoms with Gasteiger partial charge >= 0.3 is 0 Å². The summed E-state index contributed by atoms with van der Waals surface area (Å²) >= 11 is 5.92. The maximum Gasteiger partial charge on any atom is 0.249 e. The summed E-state index contributed by atoms with van der Waals surface area (Å²) in [5, 5.41) is 7.71. The molecule has 1 heterocycles. The Morgan fingerprint density at radius 2 is 1.81 bits per heavy atom. The van der Waals surface area contributed by atoms with Crippen LogP contribution in [0.5, 0.6) is 0 Å². The standard InChI is InChI=1S/C21H22ClN3O2/c1-14(2)19(23-18(26)13-8-15-6-4-3-5-7-15)21-24-20(25-27-21)16-9-11-17(22)12-10-16/h3-7,9-12,14,19H,8,13H2,1-2H3,(H,23,26)/t19-/m1/s1. The van der Waals surface area contributed by atoms with Gasteiger partial charge in [0.2, 0.25) is 17.6 Å². The quantitative estimate of drug-likeness (QED) is 0.634. The van der Waals surface area contributed by atoms with Crippen molar-refractivity contribution in [2.45, 2.75) is 32.7 Å². The van der Waals surface area contributed by atoms with Crippen molar-refractivity contribution in [1.82, 2.24) is 15.5 Å². The van der Waals surface area contributed by atoms with E-state index in [9.17, 15) is 4.79 Å². The van der Waals surface area contributed by atoms with Crippen molar-refractivity contribution in [1.29, 1.82) is 0 Å². The van der Waals surface area contributed by atoms with Gasteiger partial charge in [-0.3, -0.25) is 4.79 Å². The average molecular weight is 384 g/mol. The van der Waals surface area contributed by atoms with Gasteiger partial charge in [-0.1, -0.05) is 60.9 Å². The molecule has 0 unspecified atom stereocenters. The second-order valence-corrected chi connectivity index (χ2v) is 7.17. The molecule has 0 saturated heterocycles. The van der Waals surface area contributed by atoms with Crippen LogP contribution in [0.3, 0.4) is 0 Å². The molecule has 2 aromatic carbocycles. The van der Waals surface area contributed by atoms with Crippen LogP contribution in [0.2, 0.25) is 5.02 Å². The van der Waals surface area contributed by atoms with Crippen LogP contribution >= 0.6 is 11.6 Å². The number of halogens is 1. The first-order valence-electron chi connectivity index (χ1n) is 8.96. The molecule has 27 heavy (non-hydrogen) atoms. The highest BCUT2D eigenvalue weighted by Crippen LogP contribution is 2.24. The minimum Gasteiger partial charge on any atom is -0.344 e. The van der Waals surface area contributed by atoms with E-state index in [4.69, 9.17) is 16.1 Å². The van der Waals surface area contributed by atoms with Gasteiger partial charge in [0.1, 0.15) is 6.04 Å². The zero-order valence-electron chi connectivity index (χ0n) is 15.4. The van der Waals surface area contributed by atoms with Crippen molar-refractivity contribution in [3.63, 3.8) is 0 Å². The van der Waals surface area contributed by atoms with Gasteiger partial charge in [0.15, 0.2) is 0 Å². The fraction of sp³-hybridized carbons (Fsp3) is 0.286. The van der Waals surface area contributed by atoms with Crippen molar-refractivity contribution in [3.05, 3.63) is 71.1 Å². The van der Waals surface area contributed by atoms with Crippen LogP contribution in [0.1, 0.15) is 37.8 Å². The molecule has 6 heteroatoms. The monoisotopic (exact) mass is 383 g/mol. The van der Waals surface area contributed by atoms with Crippen molar-refractivity contribution in [2.75, 3.05) is 0 Å². The third kappa shape index (κ3) is 5.17. The van der Waals surface area contributed by atoms with Gasteiger partial charge in [-0.2, -0.15) is 4.98 Å². The number of hydrogen-bond donors (Lipinski definition) is 1. The molecule has 1 N–H and O–H groups in total. The number of amides is 1. The predicted octanol–water partition coefficient (Wildman–Crippen LogP) is 4.84. The molecule has 3 rings (SSSR count). The molecule has 140 valence electrons. The molecule has 0 aliphatic rings. The third-order valence-corrected chi connectivity index (χ3v) is 4.53. The predicted molar refractivity (Wildman–Crippen MR) is 105 cm³/mol. The highest BCUT2D eigenvalue weighted by Gasteiger charge is 2.24. The molecule has 0 radical (unpaired) electrons. The molecule has 1 aromatic heterocycles. The lowest BCUT2D eigenvalue weighted by atomic mass is 10.0. The Kier molecular flexibility index (Phi) is 6.24. The summed E-state index contributed by atoms with van der Waals surface area (Å²) in [6.45, 7) is 4.02. The summed E-state index contributed by atoms with van der Waals surface area (Å²) in [6.07, 6.45) is 1.10. The number of aromatic nitrogens is 2. The van der Waals surface area contributed by atoms with E-state index >= 15 is 0 Å². The van der Waals surface area contributed by atoms with Gasteiger partial charge in [-0.25, -0.2) is 0 Å². The Morgan fingerprint density at radius 3 is 2.48 bits per heavy atom. The summed E-state index contributed by atoms with van der Waals surface area (Å²) in [7, 11) is 0. The number of carbonyl (C=O) groups excluding carboxylic acids is 1. The molecule has 0 saturated carbocycles. The Bertz CT molecular complexity index is 876. The smallest absolute Gasteiger partial charge is 0.249 e. The number of carbonyl (C=O) groups is 1. The molecule has 1 atom stereocenters. The second kappa shape index (κ2) is 8.82. The summed E-state index contributed by atoms with van der Waals surface area (Å²) < 4.78 is 5.43. The Hall–Kier alpha value is -2.66. The number of rotatable bonds is 7. The lowest BCUT2D eigenvalue weighted by Gasteiger charge is -2.18. The van der Waals surface area contributed by atoms with Crippen LogP contribution in [0.15, 0.2) is 59.1 Å². The van der Waals surface area contributed by atoms with Gasteiger partial charge in [0, 0.05) is 17.0 Å². The van der Waals surface area contributed by atoms with Crippen molar-refractivity contribution in [2.24, 2.45) is 5.92 Å². The Morgan fingerprint density at radius 1 is 1.11 bits per heavy atom. The Labute approximate surface area is 163 Å². The first-order valence-corrected chi connectivity index (χ1v) is 9.33. The summed E-state index contributed by atoms with van der Waals surface area (Å²) in [5.74, 6) is 0.960. The van der Waals surface area contributed by atoms with Crippen LogP contribution in [0, 0.1) is 5.92 Å². The number of hydrogen-bond acceptors (Lipinski definition) is 4. The molecular weight excluding hydrogens is 362 g/mol. The molecule has 0 fully saturated rings. The SMILES string of the molecule is CC(C)[C@@H](NC(=O)CCc1ccccc1)c1nc(-c2ccc(Cl)cc2)no1. The van der Waals surface area contributed by atoms with Gasteiger partial charge in [-0.15, -0.1) is 0 Å². The molecule has 0 aliphatic heterocycles. The highest BCUT2D eigenvalue weighted by atomic mass is 35.5. The topological polar surface area (TPSA) is 68.0 Å². The first kappa shape index (κ1) is 19.1. The maximum absolute atomic E-state index is 12.4. The van der Waals surface area contributed by atoms with E-state index in [1.165, 1.54) is 0 Å². The van der Waals surface area contributed by atoms with Crippen molar-refractivity contribution < 1.29 is 9.32 Å². The first-order chi connectivity index (χ1) is 13.0. The van der Waals surface area contributed by atoms with E-state index < -0.39 is 0 Å². The van der Waals surface area contributed by atoms with Gasteiger partial charge in [-0.05, 0) is 42.2 Å².